The molecule has 0 unspecified atom stereocenters. The Balaban J connectivity index is 2.23. The van der Waals surface area contributed by atoms with Gasteiger partial charge in [-0.15, -0.1) is 0 Å². The van der Waals surface area contributed by atoms with E-state index in [1.165, 1.54) is 6.07 Å². The van der Waals surface area contributed by atoms with E-state index in [1.54, 1.807) is 11.0 Å². The summed E-state index contributed by atoms with van der Waals surface area (Å²) in [5.74, 6) is 0.0889. The van der Waals surface area contributed by atoms with Gasteiger partial charge in [0, 0.05) is 6.54 Å². The monoisotopic (exact) mass is 274 g/mol. The van der Waals surface area contributed by atoms with Crippen molar-refractivity contribution in [3.05, 3.63) is 28.8 Å². The third-order valence-corrected chi connectivity index (χ3v) is 3.10. The molecule has 5 nitrogen and oxygen atoms in total. The minimum absolute atomic E-state index is 0.0889. The average Bonchev–Trinajstić information content (AvgIpc) is 2.35. The number of rotatable bonds is 0. The molecular weight excluding hydrogens is 256 g/mol. The van der Waals surface area contributed by atoms with Crippen LogP contribution in [-0.4, -0.2) is 28.2 Å². The molecule has 2 rings (SSSR count). The van der Waals surface area contributed by atoms with Crippen molar-refractivity contribution in [3.8, 4) is 11.8 Å². The number of carbonyl (C=O) groups is 1. The summed E-state index contributed by atoms with van der Waals surface area (Å²) in [4.78, 5) is 13.7. The Hall–Kier alpha value is -2.22. The predicted octanol–water partition coefficient (Wildman–Crippen LogP) is 2.56. The van der Waals surface area contributed by atoms with Gasteiger partial charge in [-0.25, -0.2) is 4.79 Å². The number of amides is 1. The van der Waals surface area contributed by atoms with E-state index in [9.17, 15) is 9.90 Å². The molecule has 0 saturated carbocycles. The molecule has 0 atom stereocenters. The topological polar surface area (TPSA) is 73.6 Å². The van der Waals surface area contributed by atoms with Crippen molar-refractivity contribution in [2.24, 2.45) is 0 Å². The summed E-state index contributed by atoms with van der Waals surface area (Å²) in [6.45, 7) is 6.33. The number of nitriles is 1. The molecule has 106 valence electrons. The highest BCUT2D eigenvalue weighted by Crippen LogP contribution is 2.27. The molecule has 0 aromatic heterocycles. The lowest BCUT2D eigenvalue weighted by Gasteiger charge is -2.31. The van der Waals surface area contributed by atoms with Gasteiger partial charge in [0.2, 0.25) is 0 Å². The van der Waals surface area contributed by atoms with Crippen molar-refractivity contribution >= 4 is 6.09 Å². The Bertz CT molecular complexity index is 582. The normalized spacial score (nSPS) is 14.4. The molecule has 1 aromatic rings. The van der Waals surface area contributed by atoms with Crippen molar-refractivity contribution in [1.82, 2.24) is 4.90 Å². The van der Waals surface area contributed by atoms with Gasteiger partial charge in [0.05, 0.1) is 18.2 Å². The minimum Gasteiger partial charge on any atom is -0.508 e. The van der Waals surface area contributed by atoms with E-state index in [0.717, 1.165) is 11.1 Å². The summed E-state index contributed by atoms with van der Waals surface area (Å²) in [5.41, 5.74) is 1.58. The maximum Gasteiger partial charge on any atom is 0.410 e. The Morgan fingerprint density at radius 1 is 1.45 bits per heavy atom. The second-order valence-corrected chi connectivity index (χ2v) is 5.89. The van der Waals surface area contributed by atoms with Gasteiger partial charge in [0.15, 0.2) is 0 Å². The molecule has 20 heavy (non-hydrogen) atoms. The van der Waals surface area contributed by atoms with Gasteiger partial charge < -0.3 is 14.7 Å². The van der Waals surface area contributed by atoms with Crippen molar-refractivity contribution in [2.75, 3.05) is 6.54 Å². The van der Waals surface area contributed by atoms with Crippen LogP contribution in [0.1, 0.15) is 37.5 Å². The number of hydrogen-bond donors (Lipinski definition) is 1. The van der Waals surface area contributed by atoms with Crippen LogP contribution in [0.5, 0.6) is 5.75 Å². The zero-order valence-electron chi connectivity index (χ0n) is 11.9. The van der Waals surface area contributed by atoms with E-state index >= 15 is 0 Å². The maximum absolute atomic E-state index is 12.1. The summed E-state index contributed by atoms with van der Waals surface area (Å²) in [7, 11) is 0. The molecule has 1 heterocycles. The van der Waals surface area contributed by atoms with E-state index in [2.05, 4.69) is 6.07 Å². The summed E-state index contributed by atoms with van der Waals surface area (Å²) in [6, 6.07) is 5.15. The smallest absolute Gasteiger partial charge is 0.410 e. The number of aromatic hydroxyl groups is 1. The largest absolute Gasteiger partial charge is 0.508 e. The van der Waals surface area contributed by atoms with E-state index in [-0.39, 0.29) is 11.8 Å². The number of benzene rings is 1. The molecule has 0 radical (unpaired) electrons. The van der Waals surface area contributed by atoms with E-state index < -0.39 is 5.60 Å². The summed E-state index contributed by atoms with van der Waals surface area (Å²) < 4.78 is 5.34. The molecule has 0 saturated heterocycles. The first-order valence-electron chi connectivity index (χ1n) is 6.53. The van der Waals surface area contributed by atoms with Crippen LogP contribution in [0.15, 0.2) is 12.1 Å². The van der Waals surface area contributed by atoms with Crippen LogP contribution < -0.4 is 0 Å². The van der Waals surface area contributed by atoms with Gasteiger partial charge in [-0.1, -0.05) is 0 Å². The Morgan fingerprint density at radius 2 is 2.15 bits per heavy atom. The highest BCUT2D eigenvalue weighted by molar-refractivity contribution is 5.69. The molecule has 1 amide bonds. The molecule has 0 spiro atoms. The molecule has 1 aliphatic heterocycles. The number of fused-ring (bicyclic) bond motifs is 1. The van der Waals surface area contributed by atoms with Crippen molar-refractivity contribution in [2.45, 2.75) is 39.3 Å². The second kappa shape index (κ2) is 5.04. The summed E-state index contributed by atoms with van der Waals surface area (Å²) in [6.07, 6.45) is 0.234. The number of carbonyl (C=O) groups excluding carboxylic acids is 1. The fraction of sp³-hybridized carbons (Fsp3) is 0.467. The third-order valence-electron chi connectivity index (χ3n) is 3.10. The van der Waals surface area contributed by atoms with Gasteiger partial charge in [0.25, 0.3) is 0 Å². The van der Waals surface area contributed by atoms with E-state index in [4.69, 9.17) is 10.00 Å². The van der Waals surface area contributed by atoms with E-state index in [1.807, 2.05) is 20.8 Å². The molecule has 1 aromatic carbocycles. The SMILES string of the molecule is CC(C)(C)OC(=O)N1CCc2cc(O)cc(C#N)c2C1. The van der Waals surface area contributed by atoms with Gasteiger partial charge in [-0.2, -0.15) is 5.26 Å². The molecular formula is C15H18N2O3. The third kappa shape index (κ3) is 3.02. The summed E-state index contributed by atoms with van der Waals surface area (Å²) in [5, 5.41) is 18.7. The van der Waals surface area contributed by atoms with Crippen molar-refractivity contribution in [3.63, 3.8) is 0 Å². The van der Waals surface area contributed by atoms with Crippen LogP contribution >= 0.6 is 0 Å². The Labute approximate surface area is 118 Å². The fourth-order valence-corrected chi connectivity index (χ4v) is 2.23. The average molecular weight is 274 g/mol. The van der Waals surface area contributed by atoms with Gasteiger partial charge >= 0.3 is 6.09 Å². The van der Waals surface area contributed by atoms with Crippen molar-refractivity contribution in [1.29, 1.82) is 5.26 Å². The molecule has 1 N–H and O–H groups in total. The van der Waals surface area contributed by atoms with Gasteiger partial charge in [-0.3, -0.25) is 0 Å². The lowest BCUT2D eigenvalue weighted by molar-refractivity contribution is 0.0224. The molecule has 1 aliphatic rings. The van der Waals surface area contributed by atoms with Crippen LogP contribution in [0.2, 0.25) is 0 Å². The predicted molar refractivity (Wildman–Crippen MR) is 73.2 cm³/mol. The van der Waals surface area contributed by atoms with Gasteiger partial charge in [0.1, 0.15) is 11.4 Å². The quantitative estimate of drug-likeness (QED) is 0.789. The number of phenols is 1. The standard InChI is InChI=1S/C15H18N2O3/c1-15(2,3)20-14(19)17-5-4-10-6-12(18)7-11(8-16)13(10)9-17/h6-7,18H,4-5,9H2,1-3H3. The highest BCUT2D eigenvalue weighted by atomic mass is 16.6. The fourth-order valence-electron chi connectivity index (χ4n) is 2.23. The van der Waals surface area contributed by atoms with Crippen LogP contribution in [-0.2, 0) is 17.7 Å². The molecule has 5 heteroatoms. The first kappa shape index (κ1) is 14.2. The zero-order chi connectivity index (χ0) is 14.9. The second-order valence-electron chi connectivity index (χ2n) is 5.89. The van der Waals surface area contributed by atoms with Gasteiger partial charge in [-0.05, 0) is 50.5 Å². The first-order valence-corrected chi connectivity index (χ1v) is 6.53. The molecule has 0 fully saturated rings. The number of hydrogen-bond acceptors (Lipinski definition) is 4. The maximum atomic E-state index is 12.1. The Kier molecular flexibility index (Phi) is 3.58. The summed E-state index contributed by atoms with van der Waals surface area (Å²) >= 11 is 0. The van der Waals surface area contributed by atoms with E-state index in [0.29, 0.717) is 25.1 Å². The number of ether oxygens (including phenoxy) is 1. The zero-order valence-corrected chi connectivity index (χ0v) is 11.9. The lowest BCUT2D eigenvalue weighted by Crippen LogP contribution is -2.40. The highest BCUT2D eigenvalue weighted by Gasteiger charge is 2.27. The molecule has 0 aliphatic carbocycles. The molecule has 0 bridgehead atoms. The van der Waals surface area contributed by atoms with Crippen LogP contribution in [0, 0.1) is 11.3 Å². The number of nitrogens with zero attached hydrogens (tertiary/aromatic N) is 2. The van der Waals surface area contributed by atoms with Crippen LogP contribution in [0.3, 0.4) is 0 Å². The first-order chi connectivity index (χ1) is 9.30. The lowest BCUT2D eigenvalue weighted by atomic mass is 9.95. The van der Waals surface area contributed by atoms with Crippen LogP contribution in [0.25, 0.3) is 0 Å². The Morgan fingerprint density at radius 3 is 2.75 bits per heavy atom. The van der Waals surface area contributed by atoms with Crippen molar-refractivity contribution < 1.29 is 14.6 Å². The minimum atomic E-state index is -0.537. The van der Waals surface area contributed by atoms with Crippen LogP contribution in [0.4, 0.5) is 4.79 Å². The number of phenolic OH excluding ortho intramolecular Hbond substituents is 1.